The highest BCUT2D eigenvalue weighted by atomic mass is 35.5. The minimum absolute atomic E-state index is 0.0642. The first kappa shape index (κ1) is 15.2. The Balaban J connectivity index is 2.99. The largest absolute Gasteiger partial charge is 0.478 e. The number of carboxylic acids is 1. The predicted molar refractivity (Wildman–Crippen MR) is 70.5 cm³/mol. The summed E-state index contributed by atoms with van der Waals surface area (Å²) in [5.41, 5.74) is 0.0642. The zero-order valence-corrected chi connectivity index (χ0v) is 11.2. The topological polar surface area (TPSA) is 86.5 Å². The van der Waals surface area contributed by atoms with Crippen molar-refractivity contribution in [3.63, 3.8) is 0 Å². The Morgan fingerprint density at radius 2 is 2.32 bits per heavy atom. The van der Waals surface area contributed by atoms with Crippen LogP contribution in [0.15, 0.2) is 12.1 Å². The summed E-state index contributed by atoms with van der Waals surface area (Å²) in [5, 5.41) is 17.7. The van der Waals surface area contributed by atoms with Crippen LogP contribution in [-0.4, -0.2) is 42.9 Å². The summed E-state index contributed by atoms with van der Waals surface area (Å²) in [6, 6.07) is 4.75. The van der Waals surface area contributed by atoms with E-state index >= 15 is 0 Å². The third kappa shape index (κ3) is 4.73. The van der Waals surface area contributed by atoms with Crippen LogP contribution in [0.4, 0.5) is 5.82 Å². The lowest BCUT2D eigenvalue weighted by atomic mass is 10.2. The molecule has 0 bridgehead atoms. The Morgan fingerprint density at radius 1 is 1.58 bits per heavy atom. The molecule has 0 saturated carbocycles. The molecule has 0 amide bonds. The molecular formula is C12H14ClN3O3. The van der Waals surface area contributed by atoms with Gasteiger partial charge in [0.15, 0.2) is 0 Å². The monoisotopic (exact) mass is 283 g/mol. The quantitative estimate of drug-likeness (QED) is 0.768. The fraction of sp³-hybridized carbons (Fsp3) is 0.417. The highest BCUT2D eigenvalue weighted by Gasteiger charge is 2.13. The molecule has 1 rings (SSSR count). The third-order valence-electron chi connectivity index (χ3n) is 2.41. The van der Waals surface area contributed by atoms with Crippen molar-refractivity contribution in [2.24, 2.45) is 0 Å². The highest BCUT2D eigenvalue weighted by molar-refractivity contribution is 6.29. The lowest BCUT2D eigenvalue weighted by Crippen LogP contribution is -2.29. The molecule has 0 unspecified atom stereocenters. The van der Waals surface area contributed by atoms with Crippen molar-refractivity contribution in [1.82, 2.24) is 4.98 Å². The molecule has 0 atom stereocenters. The number of aromatic nitrogens is 1. The number of hydrogen-bond acceptors (Lipinski definition) is 5. The summed E-state index contributed by atoms with van der Waals surface area (Å²) >= 11 is 5.81. The van der Waals surface area contributed by atoms with Crippen LogP contribution < -0.4 is 4.90 Å². The number of carbonyl (C=O) groups is 1. The average Bonchev–Trinajstić information content (AvgIpc) is 2.38. The van der Waals surface area contributed by atoms with Crippen LogP contribution in [0.25, 0.3) is 0 Å². The van der Waals surface area contributed by atoms with E-state index in [2.05, 4.69) is 4.98 Å². The number of ether oxygens (including phenoxy) is 1. The summed E-state index contributed by atoms with van der Waals surface area (Å²) in [5.74, 6) is -0.644. The maximum absolute atomic E-state index is 11.0. The van der Waals surface area contributed by atoms with E-state index in [1.807, 2.05) is 6.07 Å². The van der Waals surface area contributed by atoms with E-state index in [0.717, 1.165) is 0 Å². The SMILES string of the molecule is COCCN(CCC#N)c1cc(C(=O)O)cc(Cl)n1. The van der Waals surface area contributed by atoms with Crippen LogP contribution in [0, 0.1) is 11.3 Å². The van der Waals surface area contributed by atoms with E-state index in [1.165, 1.54) is 12.1 Å². The molecule has 0 saturated heterocycles. The molecule has 1 aromatic heterocycles. The van der Waals surface area contributed by atoms with Crippen molar-refractivity contribution < 1.29 is 14.6 Å². The number of pyridine rings is 1. The third-order valence-corrected chi connectivity index (χ3v) is 2.60. The summed E-state index contributed by atoms with van der Waals surface area (Å²) < 4.78 is 4.98. The van der Waals surface area contributed by atoms with Gasteiger partial charge in [-0.3, -0.25) is 0 Å². The summed E-state index contributed by atoms with van der Waals surface area (Å²) in [6.45, 7) is 1.39. The number of nitrogens with zero attached hydrogens (tertiary/aromatic N) is 3. The molecule has 6 nitrogen and oxygen atoms in total. The normalized spacial score (nSPS) is 9.95. The van der Waals surface area contributed by atoms with Gasteiger partial charge in [0.25, 0.3) is 0 Å². The molecule has 7 heteroatoms. The molecule has 0 aliphatic rings. The Labute approximate surface area is 116 Å². The Bertz CT molecular complexity index is 488. The fourth-order valence-corrected chi connectivity index (χ4v) is 1.70. The number of hydrogen-bond donors (Lipinski definition) is 1. The van der Waals surface area contributed by atoms with E-state index in [-0.39, 0.29) is 10.7 Å². The van der Waals surface area contributed by atoms with Gasteiger partial charge < -0.3 is 14.7 Å². The smallest absolute Gasteiger partial charge is 0.335 e. The van der Waals surface area contributed by atoms with Gasteiger partial charge in [-0.1, -0.05) is 11.6 Å². The number of anilines is 1. The molecule has 0 aromatic carbocycles. The van der Waals surface area contributed by atoms with Crippen LogP contribution in [0.2, 0.25) is 5.15 Å². The molecule has 0 fully saturated rings. The first-order valence-corrected chi connectivity index (χ1v) is 5.98. The highest BCUT2D eigenvalue weighted by Crippen LogP contribution is 2.18. The van der Waals surface area contributed by atoms with Crippen molar-refractivity contribution >= 4 is 23.4 Å². The maximum atomic E-state index is 11.0. The maximum Gasteiger partial charge on any atom is 0.335 e. The summed E-state index contributed by atoms with van der Waals surface area (Å²) in [6.07, 6.45) is 0.306. The standard InChI is InChI=1S/C12H14ClN3O3/c1-19-6-5-16(4-2-3-14)11-8-9(12(17)18)7-10(13)15-11/h7-8H,2,4-6H2,1H3,(H,17,18). The molecule has 1 N–H and O–H groups in total. The Kier molecular flexibility index (Phi) is 6.06. The number of aromatic carboxylic acids is 1. The van der Waals surface area contributed by atoms with Gasteiger partial charge in [0.2, 0.25) is 0 Å². The van der Waals surface area contributed by atoms with Gasteiger partial charge in [-0.15, -0.1) is 0 Å². The van der Waals surface area contributed by atoms with Crippen molar-refractivity contribution in [3.05, 3.63) is 22.8 Å². The van der Waals surface area contributed by atoms with Gasteiger partial charge in [-0.2, -0.15) is 5.26 Å². The van der Waals surface area contributed by atoms with Gasteiger partial charge in [0.05, 0.1) is 24.7 Å². The fourth-order valence-electron chi connectivity index (χ4n) is 1.50. The molecule has 19 heavy (non-hydrogen) atoms. The van der Waals surface area contributed by atoms with Crippen molar-refractivity contribution in [2.75, 3.05) is 31.7 Å². The van der Waals surface area contributed by atoms with Gasteiger partial charge in [-0.05, 0) is 12.1 Å². The predicted octanol–water partition coefficient (Wildman–Crippen LogP) is 1.80. The first-order valence-electron chi connectivity index (χ1n) is 5.60. The van der Waals surface area contributed by atoms with E-state index in [4.69, 9.17) is 26.7 Å². The second kappa shape index (κ2) is 7.56. The average molecular weight is 284 g/mol. The van der Waals surface area contributed by atoms with Crippen LogP contribution in [0.3, 0.4) is 0 Å². The number of halogens is 1. The van der Waals surface area contributed by atoms with E-state index in [9.17, 15) is 4.79 Å². The lowest BCUT2D eigenvalue weighted by molar-refractivity contribution is 0.0697. The van der Waals surface area contributed by atoms with E-state index in [1.54, 1.807) is 12.0 Å². The second-order valence-electron chi connectivity index (χ2n) is 3.73. The molecule has 102 valence electrons. The van der Waals surface area contributed by atoms with Crippen molar-refractivity contribution in [1.29, 1.82) is 5.26 Å². The molecule has 0 aliphatic heterocycles. The number of methoxy groups -OCH3 is 1. The van der Waals surface area contributed by atoms with Crippen LogP contribution >= 0.6 is 11.6 Å². The first-order chi connectivity index (χ1) is 9.08. The van der Waals surface area contributed by atoms with Gasteiger partial charge in [-0.25, -0.2) is 9.78 Å². The minimum atomic E-state index is -1.07. The molecule has 0 spiro atoms. The van der Waals surface area contributed by atoms with Crippen molar-refractivity contribution in [2.45, 2.75) is 6.42 Å². The van der Waals surface area contributed by atoms with Crippen LogP contribution in [0.1, 0.15) is 16.8 Å². The molecule has 0 aliphatic carbocycles. The van der Waals surface area contributed by atoms with E-state index < -0.39 is 5.97 Å². The summed E-state index contributed by atoms with van der Waals surface area (Å²) in [7, 11) is 1.57. The second-order valence-corrected chi connectivity index (χ2v) is 4.12. The van der Waals surface area contributed by atoms with Gasteiger partial charge in [0.1, 0.15) is 11.0 Å². The molecule has 1 heterocycles. The molecule has 0 radical (unpaired) electrons. The molecule has 1 aromatic rings. The number of carboxylic acid groups (broad SMARTS) is 1. The van der Waals surface area contributed by atoms with Crippen molar-refractivity contribution in [3.8, 4) is 6.07 Å². The van der Waals surface area contributed by atoms with Crippen LogP contribution in [-0.2, 0) is 4.74 Å². The Morgan fingerprint density at radius 3 is 2.89 bits per heavy atom. The summed E-state index contributed by atoms with van der Waals surface area (Å²) in [4.78, 5) is 16.8. The van der Waals surface area contributed by atoms with Gasteiger partial charge in [0, 0.05) is 20.2 Å². The van der Waals surface area contributed by atoms with Gasteiger partial charge >= 0.3 is 5.97 Å². The van der Waals surface area contributed by atoms with Crippen LogP contribution in [0.5, 0.6) is 0 Å². The minimum Gasteiger partial charge on any atom is -0.478 e. The molecular weight excluding hydrogens is 270 g/mol. The Hall–Kier alpha value is -1.84. The lowest BCUT2D eigenvalue weighted by Gasteiger charge is -2.22. The van der Waals surface area contributed by atoms with E-state index in [0.29, 0.717) is 31.9 Å². The number of nitriles is 1. The zero-order chi connectivity index (χ0) is 14.3. The number of rotatable bonds is 7. The zero-order valence-electron chi connectivity index (χ0n) is 10.5.